The highest BCUT2D eigenvalue weighted by atomic mass is 35.5. The first-order valence-electron chi connectivity index (χ1n) is 6.59. The maximum atomic E-state index is 9.59. The van der Waals surface area contributed by atoms with Crippen LogP contribution in [0, 0.1) is 0 Å². The van der Waals surface area contributed by atoms with Crippen molar-refractivity contribution in [3.63, 3.8) is 0 Å². The number of rotatable bonds is 2. The van der Waals surface area contributed by atoms with Crippen molar-refractivity contribution in [1.29, 1.82) is 0 Å². The van der Waals surface area contributed by atoms with E-state index in [1.54, 1.807) is 24.3 Å². The lowest BCUT2D eigenvalue weighted by Gasteiger charge is -2.28. The predicted octanol–water partition coefficient (Wildman–Crippen LogP) is 2.87. The third kappa shape index (κ3) is 2.69. The lowest BCUT2D eigenvalue weighted by atomic mass is 9.89. The molecule has 6 heteroatoms. The number of nitrogens with one attached hydrogen (secondary N) is 1. The maximum absolute atomic E-state index is 9.59. The second-order valence-corrected chi connectivity index (χ2v) is 5.43. The average Bonchev–Trinajstić information content (AvgIpc) is 2.46. The Balaban J connectivity index is 2.05. The van der Waals surface area contributed by atoms with Gasteiger partial charge in [-0.25, -0.2) is 0 Å². The summed E-state index contributed by atoms with van der Waals surface area (Å²) in [6, 6.07) is 10.3. The second kappa shape index (κ2) is 5.54. The number of halogens is 1. The summed E-state index contributed by atoms with van der Waals surface area (Å²) >= 11 is 5.94. The van der Waals surface area contributed by atoms with Gasteiger partial charge in [-0.3, -0.25) is 10.4 Å². The van der Waals surface area contributed by atoms with Gasteiger partial charge in [0.2, 0.25) is 0 Å². The van der Waals surface area contributed by atoms with Gasteiger partial charge in [-0.05, 0) is 47.4 Å². The van der Waals surface area contributed by atoms with Crippen LogP contribution < -0.4 is 10.5 Å². The highest BCUT2D eigenvalue weighted by molar-refractivity contribution is 6.33. The molecule has 0 saturated carbocycles. The van der Waals surface area contributed by atoms with Gasteiger partial charge in [-0.2, -0.15) is 0 Å². The van der Waals surface area contributed by atoms with Crippen molar-refractivity contribution < 1.29 is 15.5 Å². The number of hydrogen-bond donors (Lipinski definition) is 4. The zero-order valence-electron chi connectivity index (χ0n) is 11.1. The van der Waals surface area contributed by atoms with Crippen LogP contribution in [0.1, 0.15) is 22.7 Å². The van der Waals surface area contributed by atoms with E-state index in [9.17, 15) is 15.5 Å². The summed E-state index contributed by atoms with van der Waals surface area (Å²) in [7, 11) is 0. The lowest BCUT2D eigenvalue weighted by molar-refractivity contribution is 0.0292. The SMILES string of the molecule is Oc1ccc2c(c1)CCNC2c1ccc(Cl)c(N(O)O)c1. The third-order valence-electron chi connectivity index (χ3n) is 3.70. The van der Waals surface area contributed by atoms with E-state index in [2.05, 4.69) is 5.32 Å². The van der Waals surface area contributed by atoms with Gasteiger partial charge in [0.25, 0.3) is 0 Å². The van der Waals surface area contributed by atoms with E-state index in [0.29, 0.717) is 0 Å². The number of aromatic hydroxyl groups is 1. The molecule has 4 N–H and O–H groups in total. The fourth-order valence-corrected chi connectivity index (χ4v) is 2.90. The highest BCUT2D eigenvalue weighted by Gasteiger charge is 2.22. The van der Waals surface area contributed by atoms with Crippen molar-refractivity contribution in [3.05, 3.63) is 58.1 Å². The molecular weight excluding hydrogens is 292 g/mol. The van der Waals surface area contributed by atoms with Crippen LogP contribution in [0.15, 0.2) is 36.4 Å². The van der Waals surface area contributed by atoms with E-state index in [1.807, 2.05) is 12.1 Å². The monoisotopic (exact) mass is 306 g/mol. The summed E-state index contributed by atoms with van der Waals surface area (Å²) in [6.45, 7) is 0.779. The van der Waals surface area contributed by atoms with Crippen LogP contribution >= 0.6 is 11.6 Å². The van der Waals surface area contributed by atoms with E-state index in [4.69, 9.17) is 11.6 Å². The first-order valence-corrected chi connectivity index (χ1v) is 6.96. The summed E-state index contributed by atoms with van der Waals surface area (Å²) < 4.78 is 0. The second-order valence-electron chi connectivity index (χ2n) is 5.02. The Labute approximate surface area is 126 Å². The normalized spacial score (nSPS) is 17.4. The minimum atomic E-state index is -0.0784. The van der Waals surface area contributed by atoms with E-state index in [0.717, 1.165) is 29.7 Å². The predicted molar refractivity (Wildman–Crippen MR) is 79.2 cm³/mol. The van der Waals surface area contributed by atoms with Gasteiger partial charge in [0.05, 0.1) is 11.1 Å². The first-order chi connectivity index (χ1) is 10.1. The minimum Gasteiger partial charge on any atom is -0.508 e. The Morgan fingerprint density at radius 2 is 1.95 bits per heavy atom. The molecule has 0 fully saturated rings. The highest BCUT2D eigenvalue weighted by Crippen LogP contribution is 2.34. The molecule has 0 saturated heterocycles. The summed E-state index contributed by atoms with van der Waals surface area (Å²) in [5.41, 5.74) is 3.14. The third-order valence-corrected chi connectivity index (χ3v) is 4.02. The Morgan fingerprint density at radius 1 is 1.14 bits per heavy atom. The van der Waals surface area contributed by atoms with Gasteiger partial charge in [-0.1, -0.05) is 23.7 Å². The smallest absolute Gasteiger partial charge is 0.115 e. The molecule has 0 spiro atoms. The summed E-state index contributed by atoms with van der Waals surface area (Å²) in [5.74, 6) is 0.253. The topological polar surface area (TPSA) is 76.0 Å². The van der Waals surface area contributed by atoms with Crippen molar-refractivity contribution in [1.82, 2.24) is 5.32 Å². The number of phenols is 1. The molecule has 1 aliphatic rings. The van der Waals surface area contributed by atoms with Gasteiger partial charge in [0.1, 0.15) is 11.4 Å². The molecule has 1 atom stereocenters. The molecule has 3 rings (SSSR count). The van der Waals surface area contributed by atoms with Crippen LogP contribution in [-0.4, -0.2) is 22.1 Å². The first kappa shape index (κ1) is 14.2. The van der Waals surface area contributed by atoms with Crippen LogP contribution in [0.4, 0.5) is 5.69 Å². The average molecular weight is 307 g/mol. The van der Waals surface area contributed by atoms with E-state index in [-0.39, 0.29) is 27.7 Å². The van der Waals surface area contributed by atoms with Crippen LogP contribution in [0.5, 0.6) is 5.75 Å². The van der Waals surface area contributed by atoms with Crippen molar-refractivity contribution in [2.45, 2.75) is 12.5 Å². The molecule has 0 radical (unpaired) electrons. The molecule has 1 aliphatic heterocycles. The zero-order valence-corrected chi connectivity index (χ0v) is 11.9. The Bertz CT molecular complexity index is 676. The fourth-order valence-electron chi connectivity index (χ4n) is 2.71. The quantitative estimate of drug-likeness (QED) is 0.642. The van der Waals surface area contributed by atoms with Gasteiger partial charge < -0.3 is 10.4 Å². The van der Waals surface area contributed by atoms with Crippen molar-refractivity contribution in [3.8, 4) is 5.75 Å². The molecule has 21 heavy (non-hydrogen) atoms. The lowest BCUT2D eigenvalue weighted by Crippen LogP contribution is -2.30. The van der Waals surface area contributed by atoms with Gasteiger partial charge >= 0.3 is 0 Å². The molecule has 2 aromatic rings. The van der Waals surface area contributed by atoms with Crippen LogP contribution in [-0.2, 0) is 6.42 Å². The minimum absolute atomic E-state index is 0.0202. The molecule has 0 bridgehead atoms. The van der Waals surface area contributed by atoms with Crippen molar-refractivity contribution in [2.75, 3.05) is 11.8 Å². The molecule has 0 aromatic heterocycles. The fraction of sp³-hybridized carbons (Fsp3) is 0.200. The van der Waals surface area contributed by atoms with Crippen molar-refractivity contribution >= 4 is 17.3 Å². The summed E-state index contributed by atoms with van der Waals surface area (Å²) in [6.07, 6.45) is 0.840. The summed E-state index contributed by atoms with van der Waals surface area (Å²) in [5, 5.41) is 31.7. The standard InChI is InChI=1S/C15H15ClN2O3/c16-13-4-1-10(8-14(13)18(20)21)15-12-3-2-11(19)7-9(12)5-6-17-15/h1-4,7-8,15,17,19-21H,5-6H2. The largest absolute Gasteiger partial charge is 0.508 e. The molecule has 1 heterocycles. The number of phenolic OH excluding ortho intramolecular Hbond substituents is 1. The Hall–Kier alpha value is -1.79. The number of hydrogen-bond acceptors (Lipinski definition) is 5. The molecule has 0 aliphatic carbocycles. The Kier molecular flexibility index (Phi) is 3.73. The van der Waals surface area contributed by atoms with Crippen molar-refractivity contribution in [2.24, 2.45) is 0 Å². The van der Waals surface area contributed by atoms with Gasteiger partial charge in [-0.15, -0.1) is 5.23 Å². The van der Waals surface area contributed by atoms with E-state index in [1.165, 1.54) is 0 Å². The maximum Gasteiger partial charge on any atom is 0.115 e. The number of benzene rings is 2. The van der Waals surface area contributed by atoms with E-state index >= 15 is 0 Å². The van der Waals surface area contributed by atoms with Gasteiger partial charge in [0, 0.05) is 6.54 Å². The molecule has 2 aromatic carbocycles. The molecule has 0 amide bonds. The number of nitrogens with zero attached hydrogens (tertiary/aromatic N) is 1. The number of anilines is 1. The molecule has 5 nitrogen and oxygen atoms in total. The molecule has 110 valence electrons. The number of fused-ring (bicyclic) bond motifs is 1. The molecule has 1 unspecified atom stereocenters. The summed E-state index contributed by atoms with van der Waals surface area (Å²) in [4.78, 5) is 0. The van der Waals surface area contributed by atoms with Crippen LogP contribution in [0.3, 0.4) is 0 Å². The molecular formula is C15H15ClN2O3. The Morgan fingerprint density at radius 3 is 2.71 bits per heavy atom. The van der Waals surface area contributed by atoms with Crippen LogP contribution in [0.2, 0.25) is 5.02 Å². The van der Waals surface area contributed by atoms with E-state index < -0.39 is 0 Å². The van der Waals surface area contributed by atoms with Crippen LogP contribution in [0.25, 0.3) is 0 Å². The van der Waals surface area contributed by atoms with Gasteiger partial charge in [0.15, 0.2) is 0 Å². The zero-order chi connectivity index (χ0) is 15.0.